The van der Waals surface area contributed by atoms with Crippen LogP contribution >= 0.6 is 23.5 Å². The molecule has 0 radical (unpaired) electrons. The first-order chi connectivity index (χ1) is 9.42. The van der Waals surface area contributed by atoms with Crippen molar-refractivity contribution in [2.45, 2.75) is 36.6 Å². The van der Waals surface area contributed by atoms with Crippen LogP contribution in [-0.2, 0) is 0 Å². The Bertz CT molecular complexity index is 453. The van der Waals surface area contributed by atoms with E-state index in [0.29, 0.717) is 0 Å². The molecule has 2 aliphatic heterocycles. The van der Waals surface area contributed by atoms with Crippen LogP contribution in [0.1, 0.15) is 25.7 Å². The van der Waals surface area contributed by atoms with Gasteiger partial charge in [0.25, 0.3) is 0 Å². The van der Waals surface area contributed by atoms with Gasteiger partial charge in [-0.1, -0.05) is 18.6 Å². The molecule has 0 aromatic heterocycles. The van der Waals surface area contributed by atoms with E-state index in [4.69, 9.17) is 4.99 Å². The van der Waals surface area contributed by atoms with Crippen molar-refractivity contribution in [2.24, 2.45) is 4.99 Å². The lowest BCUT2D eigenvalue weighted by Gasteiger charge is -2.23. The molecular formula is C15H20N2S2. The van der Waals surface area contributed by atoms with E-state index in [9.17, 15) is 0 Å². The predicted octanol–water partition coefficient (Wildman–Crippen LogP) is 4.09. The molecule has 1 aromatic rings. The lowest BCUT2D eigenvalue weighted by atomic mass is 10.0. The Hall–Kier alpha value is -0.450. The zero-order chi connectivity index (χ0) is 12.9. The minimum Gasteiger partial charge on any atom is -0.314 e. The van der Waals surface area contributed by atoms with Crippen LogP contribution in [0.2, 0.25) is 0 Å². The number of thioether (sulfide) groups is 2. The highest BCUT2D eigenvalue weighted by Gasteiger charge is 2.15. The second-order valence-corrected chi connectivity index (χ2v) is 7.23. The number of para-hydroxylation sites is 1. The minimum absolute atomic E-state index is 0.741. The molecule has 1 fully saturated rings. The highest BCUT2D eigenvalue weighted by Crippen LogP contribution is 2.35. The summed E-state index contributed by atoms with van der Waals surface area (Å²) in [6.45, 7) is 1.21. The molecule has 1 saturated heterocycles. The Morgan fingerprint density at radius 1 is 1.32 bits per heavy atom. The molecule has 0 saturated carbocycles. The quantitative estimate of drug-likeness (QED) is 0.908. The number of piperidine rings is 1. The number of nitrogens with one attached hydrogen (secondary N) is 1. The van der Waals surface area contributed by atoms with E-state index in [2.05, 4.69) is 29.6 Å². The highest BCUT2D eigenvalue weighted by atomic mass is 32.2. The zero-order valence-corrected chi connectivity index (χ0v) is 12.7. The lowest BCUT2D eigenvalue weighted by Crippen LogP contribution is -2.34. The first-order valence-electron chi connectivity index (χ1n) is 7.07. The molecular weight excluding hydrogens is 272 g/mol. The molecule has 1 N–H and O–H groups in total. The smallest absolute Gasteiger partial charge is 0.0842 e. The Kier molecular flexibility index (Phi) is 4.86. The predicted molar refractivity (Wildman–Crippen MR) is 87.0 cm³/mol. The van der Waals surface area contributed by atoms with Crippen molar-refractivity contribution < 1.29 is 0 Å². The molecule has 2 heterocycles. The van der Waals surface area contributed by atoms with Crippen molar-refractivity contribution >= 4 is 34.3 Å². The maximum absolute atomic E-state index is 4.77. The fourth-order valence-corrected chi connectivity index (χ4v) is 4.63. The van der Waals surface area contributed by atoms with Crippen LogP contribution in [-0.4, -0.2) is 29.1 Å². The van der Waals surface area contributed by atoms with Crippen LogP contribution in [0.3, 0.4) is 0 Å². The van der Waals surface area contributed by atoms with Crippen LogP contribution < -0.4 is 5.32 Å². The Balaban J connectivity index is 1.49. The van der Waals surface area contributed by atoms with Crippen molar-refractivity contribution in [3.63, 3.8) is 0 Å². The highest BCUT2D eigenvalue weighted by molar-refractivity contribution is 8.16. The van der Waals surface area contributed by atoms with Crippen molar-refractivity contribution in [1.82, 2.24) is 5.32 Å². The molecule has 2 aliphatic rings. The van der Waals surface area contributed by atoms with Crippen LogP contribution in [0.15, 0.2) is 34.2 Å². The summed E-state index contributed by atoms with van der Waals surface area (Å²) in [7, 11) is 0. The van der Waals surface area contributed by atoms with Crippen LogP contribution in [0, 0.1) is 0 Å². The summed E-state index contributed by atoms with van der Waals surface area (Å²) in [5.41, 5.74) is 1.15. The summed E-state index contributed by atoms with van der Waals surface area (Å²) in [6, 6.07) is 9.18. The molecule has 4 heteroatoms. The molecule has 3 rings (SSSR count). The van der Waals surface area contributed by atoms with E-state index < -0.39 is 0 Å². The third kappa shape index (κ3) is 3.77. The van der Waals surface area contributed by atoms with Crippen LogP contribution in [0.4, 0.5) is 5.69 Å². The number of rotatable bonds is 3. The van der Waals surface area contributed by atoms with E-state index in [1.165, 1.54) is 47.9 Å². The number of fused-ring (bicyclic) bond motifs is 1. The van der Waals surface area contributed by atoms with Gasteiger partial charge in [0.05, 0.1) is 10.7 Å². The van der Waals surface area contributed by atoms with Crippen molar-refractivity contribution in [1.29, 1.82) is 0 Å². The lowest BCUT2D eigenvalue weighted by molar-refractivity contribution is 0.395. The van der Waals surface area contributed by atoms with Gasteiger partial charge in [-0.3, -0.25) is 0 Å². The molecule has 19 heavy (non-hydrogen) atoms. The molecule has 1 atom stereocenters. The summed E-state index contributed by atoms with van der Waals surface area (Å²) in [5.74, 6) is 2.24. The van der Waals surface area contributed by atoms with Gasteiger partial charge in [0.1, 0.15) is 0 Å². The summed E-state index contributed by atoms with van der Waals surface area (Å²) < 4.78 is 0. The molecule has 1 aromatic carbocycles. The second kappa shape index (κ2) is 6.82. The Morgan fingerprint density at radius 3 is 3.16 bits per heavy atom. The second-order valence-electron chi connectivity index (χ2n) is 5.05. The van der Waals surface area contributed by atoms with Gasteiger partial charge in [-0.2, -0.15) is 0 Å². The van der Waals surface area contributed by atoms with Crippen molar-refractivity contribution in [3.05, 3.63) is 24.3 Å². The van der Waals surface area contributed by atoms with Crippen LogP contribution in [0.25, 0.3) is 0 Å². The average Bonchev–Trinajstić information content (AvgIpc) is 2.48. The maximum atomic E-state index is 4.77. The normalized spacial score (nSPS) is 22.7. The monoisotopic (exact) mass is 292 g/mol. The molecule has 102 valence electrons. The van der Waals surface area contributed by atoms with Gasteiger partial charge < -0.3 is 5.32 Å². The minimum atomic E-state index is 0.741. The van der Waals surface area contributed by atoms with Crippen LogP contribution in [0.5, 0.6) is 0 Å². The number of nitrogens with zero attached hydrogens (tertiary/aromatic N) is 1. The third-order valence-corrected chi connectivity index (χ3v) is 5.87. The summed E-state index contributed by atoms with van der Waals surface area (Å²) >= 11 is 3.86. The molecule has 0 bridgehead atoms. The fraction of sp³-hybridized carbons (Fsp3) is 0.533. The summed E-state index contributed by atoms with van der Waals surface area (Å²) in [6.07, 6.45) is 5.37. The molecule has 0 amide bonds. The molecule has 0 aliphatic carbocycles. The number of aliphatic imine (C=N–C) groups is 1. The summed E-state index contributed by atoms with van der Waals surface area (Å²) in [5, 5.41) is 4.91. The van der Waals surface area contributed by atoms with Gasteiger partial charge in [0.15, 0.2) is 0 Å². The van der Waals surface area contributed by atoms with E-state index in [1.54, 1.807) is 0 Å². The third-order valence-electron chi connectivity index (χ3n) is 3.61. The van der Waals surface area contributed by atoms with Gasteiger partial charge in [-0.05, 0) is 37.9 Å². The average molecular weight is 292 g/mol. The van der Waals surface area contributed by atoms with Gasteiger partial charge in [-0.15, -0.1) is 23.5 Å². The first-order valence-corrected chi connectivity index (χ1v) is 9.04. The topological polar surface area (TPSA) is 24.4 Å². The van der Waals surface area contributed by atoms with E-state index in [0.717, 1.165) is 17.5 Å². The molecule has 0 spiro atoms. The van der Waals surface area contributed by atoms with Gasteiger partial charge >= 0.3 is 0 Å². The Morgan fingerprint density at radius 2 is 2.26 bits per heavy atom. The SMILES string of the molecule is c1ccc2c(c1)N=C(SCCC1CCCCN1)CS2. The van der Waals surface area contributed by atoms with Gasteiger partial charge in [0, 0.05) is 22.4 Å². The van der Waals surface area contributed by atoms with Crippen molar-refractivity contribution in [2.75, 3.05) is 18.1 Å². The largest absolute Gasteiger partial charge is 0.314 e. The number of benzene rings is 1. The zero-order valence-electron chi connectivity index (χ0n) is 11.1. The van der Waals surface area contributed by atoms with E-state index in [1.807, 2.05) is 23.5 Å². The number of hydrogen-bond acceptors (Lipinski definition) is 4. The van der Waals surface area contributed by atoms with Gasteiger partial charge in [-0.25, -0.2) is 4.99 Å². The van der Waals surface area contributed by atoms with E-state index in [-0.39, 0.29) is 0 Å². The first kappa shape index (κ1) is 13.5. The van der Waals surface area contributed by atoms with Gasteiger partial charge in [0.2, 0.25) is 0 Å². The fourth-order valence-electron chi connectivity index (χ4n) is 2.54. The molecule has 2 nitrogen and oxygen atoms in total. The number of hydrogen-bond donors (Lipinski definition) is 1. The standard InChI is InChI=1S/C15H20N2S2/c1-2-7-14-13(6-1)17-15(11-19-14)18-10-8-12-5-3-4-9-16-12/h1-2,6-7,12,16H,3-5,8-11H2. The van der Waals surface area contributed by atoms with E-state index >= 15 is 0 Å². The Labute approximate surface area is 123 Å². The maximum Gasteiger partial charge on any atom is 0.0842 e. The summed E-state index contributed by atoms with van der Waals surface area (Å²) in [4.78, 5) is 6.09. The molecule has 1 unspecified atom stereocenters. The van der Waals surface area contributed by atoms with Crippen molar-refractivity contribution in [3.8, 4) is 0 Å².